The summed E-state index contributed by atoms with van der Waals surface area (Å²) in [6, 6.07) is 15.4. The molecule has 0 atom stereocenters. The van der Waals surface area contributed by atoms with E-state index in [1.165, 1.54) is 19.3 Å². The molecule has 4 nitrogen and oxygen atoms in total. The van der Waals surface area contributed by atoms with Gasteiger partial charge in [-0.3, -0.25) is 10.2 Å². The van der Waals surface area contributed by atoms with Crippen molar-refractivity contribution in [3.05, 3.63) is 54.1 Å². The smallest absolute Gasteiger partial charge is 0.265 e. The van der Waals surface area contributed by atoms with E-state index in [1.807, 2.05) is 36.4 Å². The van der Waals surface area contributed by atoms with Gasteiger partial charge in [-0.1, -0.05) is 50.5 Å². The number of hydrazine groups is 1. The minimum absolute atomic E-state index is 0.289. The molecule has 2 aromatic rings. The molecule has 0 aliphatic rings. The number of hydrogen-bond donors (Lipinski definition) is 2. The summed E-state index contributed by atoms with van der Waals surface area (Å²) in [6.07, 6.45) is 4.82. The number of benzene rings is 2. The van der Waals surface area contributed by atoms with Gasteiger partial charge in [-0.25, -0.2) is 5.84 Å². The summed E-state index contributed by atoms with van der Waals surface area (Å²) in [4.78, 5) is 11.4. The van der Waals surface area contributed by atoms with Crippen LogP contribution < -0.4 is 16.0 Å². The minimum atomic E-state index is -0.289. The van der Waals surface area contributed by atoms with Crippen molar-refractivity contribution >= 4 is 5.91 Å². The topological polar surface area (TPSA) is 64.3 Å². The first-order valence-electron chi connectivity index (χ1n) is 8.09. The predicted octanol–water partition coefficient (Wildman–Crippen LogP) is 3.92. The van der Waals surface area contributed by atoms with Crippen molar-refractivity contribution in [2.24, 2.45) is 5.84 Å². The molecule has 0 spiro atoms. The number of unbranched alkanes of at least 4 members (excludes halogenated alkanes) is 3. The average molecular weight is 312 g/mol. The predicted molar refractivity (Wildman–Crippen MR) is 93.2 cm³/mol. The highest BCUT2D eigenvalue weighted by Gasteiger charge is 2.04. The standard InChI is InChI=1S/C19H24N2O2/c1-2-3-4-5-14-23-18-12-10-16(11-13-18)15-6-8-17(9-7-15)19(22)21-20/h6-13H,2-5,14,20H2,1H3,(H,21,22). The lowest BCUT2D eigenvalue weighted by atomic mass is 10.0. The van der Waals surface area contributed by atoms with Crippen LogP contribution >= 0.6 is 0 Å². The van der Waals surface area contributed by atoms with Gasteiger partial charge in [0.05, 0.1) is 6.61 Å². The monoisotopic (exact) mass is 312 g/mol. The van der Waals surface area contributed by atoms with Crippen molar-refractivity contribution in [2.45, 2.75) is 32.6 Å². The molecule has 122 valence electrons. The molecule has 0 saturated carbocycles. The fraction of sp³-hybridized carbons (Fsp3) is 0.316. The second-order valence-electron chi connectivity index (χ2n) is 5.48. The molecule has 0 aromatic heterocycles. The zero-order valence-electron chi connectivity index (χ0n) is 13.5. The first-order chi connectivity index (χ1) is 11.2. The summed E-state index contributed by atoms with van der Waals surface area (Å²) in [5, 5.41) is 0. The normalized spacial score (nSPS) is 10.3. The lowest BCUT2D eigenvalue weighted by Crippen LogP contribution is -2.29. The number of nitrogens with one attached hydrogen (secondary N) is 1. The van der Waals surface area contributed by atoms with Crippen LogP contribution in [-0.4, -0.2) is 12.5 Å². The van der Waals surface area contributed by atoms with Gasteiger partial charge in [0, 0.05) is 5.56 Å². The van der Waals surface area contributed by atoms with E-state index in [-0.39, 0.29) is 5.91 Å². The summed E-state index contributed by atoms with van der Waals surface area (Å²) in [7, 11) is 0. The molecule has 0 fully saturated rings. The van der Waals surface area contributed by atoms with Crippen molar-refractivity contribution in [2.75, 3.05) is 6.61 Å². The van der Waals surface area contributed by atoms with Gasteiger partial charge in [-0.05, 0) is 41.8 Å². The van der Waals surface area contributed by atoms with E-state index in [0.717, 1.165) is 29.9 Å². The number of amides is 1. The second kappa shape index (κ2) is 8.96. The number of nitrogens with two attached hydrogens (primary N) is 1. The Labute approximate surface area is 137 Å². The third kappa shape index (κ3) is 5.11. The summed E-state index contributed by atoms with van der Waals surface area (Å²) in [5.74, 6) is 5.73. The fourth-order valence-corrected chi connectivity index (χ4v) is 2.36. The molecule has 2 aromatic carbocycles. The number of carbonyl (C=O) groups excluding carboxylic acids is 1. The van der Waals surface area contributed by atoms with E-state index in [9.17, 15) is 4.79 Å². The Bertz CT molecular complexity index is 606. The van der Waals surface area contributed by atoms with Crippen molar-refractivity contribution in [1.29, 1.82) is 0 Å². The Kier molecular flexibility index (Phi) is 6.63. The molecule has 2 rings (SSSR count). The Morgan fingerprint density at radius 3 is 2.13 bits per heavy atom. The van der Waals surface area contributed by atoms with E-state index in [2.05, 4.69) is 12.3 Å². The van der Waals surface area contributed by atoms with Gasteiger partial charge in [0.1, 0.15) is 5.75 Å². The van der Waals surface area contributed by atoms with Crippen LogP contribution in [0.25, 0.3) is 11.1 Å². The SMILES string of the molecule is CCCCCCOc1ccc(-c2ccc(C(=O)NN)cc2)cc1. The van der Waals surface area contributed by atoms with Crippen molar-refractivity contribution in [1.82, 2.24) is 5.43 Å². The quantitative estimate of drug-likeness (QED) is 0.336. The Hall–Kier alpha value is -2.33. The van der Waals surface area contributed by atoms with Crippen molar-refractivity contribution in [3.8, 4) is 16.9 Å². The van der Waals surface area contributed by atoms with E-state index >= 15 is 0 Å². The van der Waals surface area contributed by atoms with Gasteiger partial charge < -0.3 is 4.74 Å². The van der Waals surface area contributed by atoms with Gasteiger partial charge in [0.15, 0.2) is 0 Å². The molecule has 1 amide bonds. The maximum absolute atomic E-state index is 11.4. The molecular weight excluding hydrogens is 288 g/mol. The van der Waals surface area contributed by atoms with Crippen molar-refractivity contribution < 1.29 is 9.53 Å². The maximum Gasteiger partial charge on any atom is 0.265 e. The molecule has 3 N–H and O–H groups in total. The van der Waals surface area contributed by atoms with Gasteiger partial charge in [-0.2, -0.15) is 0 Å². The molecule has 4 heteroatoms. The molecule has 23 heavy (non-hydrogen) atoms. The van der Waals surface area contributed by atoms with E-state index in [0.29, 0.717) is 5.56 Å². The Morgan fingerprint density at radius 1 is 0.957 bits per heavy atom. The van der Waals surface area contributed by atoms with Crippen LogP contribution in [0.1, 0.15) is 43.0 Å². The number of ether oxygens (including phenoxy) is 1. The molecule has 0 saturated heterocycles. The Balaban J connectivity index is 1.92. The van der Waals surface area contributed by atoms with Crippen LogP contribution in [0, 0.1) is 0 Å². The fourth-order valence-electron chi connectivity index (χ4n) is 2.36. The van der Waals surface area contributed by atoms with E-state index in [1.54, 1.807) is 12.1 Å². The highest BCUT2D eigenvalue weighted by atomic mass is 16.5. The summed E-state index contributed by atoms with van der Waals surface area (Å²) in [6.45, 7) is 2.97. The summed E-state index contributed by atoms with van der Waals surface area (Å²) in [5.41, 5.74) is 4.80. The lowest BCUT2D eigenvalue weighted by Gasteiger charge is -2.08. The minimum Gasteiger partial charge on any atom is -0.494 e. The zero-order valence-corrected chi connectivity index (χ0v) is 13.5. The molecular formula is C19H24N2O2. The van der Waals surface area contributed by atoms with Crippen LogP contribution in [0.3, 0.4) is 0 Å². The highest BCUT2D eigenvalue weighted by molar-refractivity contribution is 5.94. The van der Waals surface area contributed by atoms with Gasteiger partial charge in [0.2, 0.25) is 0 Å². The van der Waals surface area contributed by atoms with E-state index < -0.39 is 0 Å². The summed E-state index contributed by atoms with van der Waals surface area (Å²) < 4.78 is 5.74. The molecule has 0 heterocycles. The lowest BCUT2D eigenvalue weighted by molar-refractivity contribution is 0.0953. The van der Waals surface area contributed by atoms with Crippen LogP contribution in [0.4, 0.5) is 0 Å². The number of carbonyl (C=O) groups is 1. The number of hydrogen-bond acceptors (Lipinski definition) is 3. The van der Waals surface area contributed by atoms with Crippen molar-refractivity contribution in [3.63, 3.8) is 0 Å². The number of nitrogen functional groups attached to an aromatic ring is 1. The first kappa shape index (κ1) is 17.0. The first-order valence-corrected chi connectivity index (χ1v) is 8.09. The van der Waals surface area contributed by atoms with Crippen LogP contribution in [0.2, 0.25) is 0 Å². The average Bonchev–Trinajstić information content (AvgIpc) is 2.61. The molecule has 0 aliphatic heterocycles. The Morgan fingerprint density at radius 2 is 1.57 bits per heavy atom. The van der Waals surface area contributed by atoms with Gasteiger partial charge in [0.25, 0.3) is 5.91 Å². The third-order valence-electron chi connectivity index (χ3n) is 3.73. The second-order valence-corrected chi connectivity index (χ2v) is 5.48. The number of rotatable bonds is 8. The van der Waals surface area contributed by atoms with E-state index in [4.69, 9.17) is 10.6 Å². The van der Waals surface area contributed by atoms with Crippen LogP contribution in [-0.2, 0) is 0 Å². The van der Waals surface area contributed by atoms with Gasteiger partial charge in [-0.15, -0.1) is 0 Å². The van der Waals surface area contributed by atoms with Crippen LogP contribution in [0.5, 0.6) is 5.75 Å². The maximum atomic E-state index is 11.4. The van der Waals surface area contributed by atoms with Crippen LogP contribution in [0.15, 0.2) is 48.5 Å². The highest BCUT2D eigenvalue weighted by Crippen LogP contribution is 2.23. The molecule has 0 aliphatic carbocycles. The van der Waals surface area contributed by atoms with Gasteiger partial charge >= 0.3 is 0 Å². The largest absolute Gasteiger partial charge is 0.494 e. The molecule has 0 radical (unpaired) electrons. The third-order valence-corrected chi connectivity index (χ3v) is 3.73. The molecule has 0 bridgehead atoms. The molecule has 0 unspecified atom stereocenters. The summed E-state index contributed by atoms with van der Waals surface area (Å²) >= 11 is 0. The zero-order chi connectivity index (χ0) is 16.5.